The Morgan fingerprint density at radius 2 is 2.04 bits per heavy atom. The highest BCUT2D eigenvalue weighted by Crippen LogP contribution is 2.32. The van der Waals surface area contributed by atoms with Gasteiger partial charge in [0.15, 0.2) is 11.6 Å². The molecule has 1 fully saturated rings. The quantitative estimate of drug-likeness (QED) is 0.452. The lowest BCUT2D eigenvalue weighted by atomic mass is 9.95. The first-order valence-corrected chi connectivity index (χ1v) is 11.0. The van der Waals surface area contributed by atoms with Crippen molar-refractivity contribution in [1.82, 2.24) is 4.72 Å². The maximum Gasteiger partial charge on any atom is 0.212 e. The van der Waals surface area contributed by atoms with Crippen LogP contribution in [-0.2, 0) is 15.6 Å². The Kier molecular flexibility index (Phi) is 7.24. The summed E-state index contributed by atoms with van der Waals surface area (Å²) in [5.74, 6) is 0.352. The predicted molar refractivity (Wildman–Crippen MR) is 103 cm³/mol. The van der Waals surface area contributed by atoms with Crippen molar-refractivity contribution in [3.63, 3.8) is 0 Å². The minimum absolute atomic E-state index is 0.0662. The molecule has 26 heavy (non-hydrogen) atoms. The van der Waals surface area contributed by atoms with Gasteiger partial charge in [0.25, 0.3) is 0 Å². The number of allylic oxidation sites excluding steroid dienone is 2. The Balaban J connectivity index is 2.00. The Labute approximate surface area is 156 Å². The second-order valence-corrected chi connectivity index (χ2v) is 9.31. The van der Waals surface area contributed by atoms with Crippen LogP contribution >= 0.6 is 0 Å². The first kappa shape index (κ1) is 20.9. The summed E-state index contributed by atoms with van der Waals surface area (Å²) in [6, 6.07) is 4.54. The van der Waals surface area contributed by atoms with Crippen molar-refractivity contribution in [2.75, 3.05) is 12.4 Å². The molecule has 0 radical (unpaired) electrons. The van der Waals surface area contributed by atoms with Gasteiger partial charge in [0, 0.05) is 0 Å². The van der Waals surface area contributed by atoms with Gasteiger partial charge >= 0.3 is 0 Å². The molecule has 1 N–H and O–H groups in total. The Morgan fingerprint density at radius 3 is 2.69 bits per heavy atom. The molecular weight excluding hydrogens is 353 g/mol. The summed E-state index contributed by atoms with van der Waals surface area (Å²) in [5.41, 5.74) is -0.164. The van der Waals surface area contributed by atoms with Crippen LogP contribution in [0, 0.1) is 11.7 Å². The molecule has 0 atom stereocenters. The fourth-order valence-corrected chi connectivity index (χ4v) is 4.21. The van der Waals surface area contributed by atoms with Gasteiger partial charge in [-0.1, -0.05) is 25.1 Å². The third kappa shape index (κ3) is 6.72. The van der Waals surface area contributed by atoms with Crippen molar-refractivity contribution in [1.29, 1.82) is 0 Å². The molecule has 2 rings (SSSR count). The topological polar surface area (TPSA) is 55.4 Å². The van der Waals surface area contributed by atoms with Crippen LogP contribution in [0.2, 0.25) is 0 Å². The molecule has 1 aromatic carbocycles. The van der Waals surface area contributed by atoms with E-state index in [0.29, 0.717) is 24.5 Å². The standard InChI is InChI=1S/C20H30FNO3S/c1-4-5-6-7-8-13-26(23,24)22-20(2,3)17-11-12-18(21)19(14-17)25-15-16-9-10-16/h5-6,11-12,14,16,22H,4,7-10,13,15H2,1-3H3/b6-5+. The fourth-order valence-electron chi connectivity index (χ4n) is 2.67. The fraction of sp³-hybridized carbons (Fsp3) is 0.600. The third-order valence-electron chi connectivity index (χ3n) is 4.42. The van der Waals surface area contributed by atoms with Crippen molar-refractivity contribution in [3.05, 3.63) is 41.7 Å². The highest BCUT2D eigenvalue weighted by Gasteiger charge is 2.28. The number of unbranched alkanes of at least 4 members (excludes halogenated alkanes) is 1. The summed E-state index contributed by atoms with van der Waals surface area (Å²) in [4.78, 5) is 0. The van der Waals surface area contributed by atoms with E-state index in [4.69, 9.17) is 4.74 Å². The second-order valence-electron chi connectivity index (χ2n) is 7.47. The number of sulfonamides is 1. The average molecular weight is 384 g/mol. The van der Waals surface area contributed by atoms with Crippen LogP contribution in [0.3, 0.4) is 0 Å². The van der Waals surface area contributed by atoms with Gasteiger partial charge in [0.2, 0.25) is 10.0 Å². The van der Waals surface area contributed by atoms with Crippen LogP contribution < -0.4 is 9.46 Å². The SMILES string of the molecule is CC/C=C/CCCS(=O)(=O)NC(C)(C)c1ccc(F)c(OCC2CC2)c1. The summed E-state index contributed by atoms with van der Waals surface area (Å²) >= 11 is 0. The van der Waals surface area contributed by atoms with Gasteiger partial charge in [0.1, 0.15) is 0 Å². The average Bonchev–Trinajstić information content (AvgIpc) is 3.37. The number of rotatable bonds is 11. The maximum atomic E-state index is 14.0. The molecule has 0 amide bonds. The lowest BCUT2D eigenvalue weighted by molar-refractivity contribution is 0.284. The van der Waals surface area contributed by atoms with Crippen LogP contribution in [0.1, 0.15) is 58.4 Å². The molecule has 1 saturated carbocycles. The molecule has 0 saturated heterocycles. The van der Waals surface area contributed by atoms with E-state index in [1.54, 1.807) is 26.0 Å². The van der Waals surface area contributed by atoms with E-state index in [2.05, 4.69) is 4.72 Å². The van der Waals surface area contributed by atoms with Crippen LogP contribution in [0.25, 0.3) is 0 Å². The number of halogens is 1. The summed E-state index contributed by atoms with van der Waals surface area (Å²) in [5, 5.41) is 0. The monoisotopic (exact) mass is 383 g/mol. The highest BCUT2D eigenvalue weighted by molar-refractivity contribution is 7.89. The Hall–Kier alpha value is -1.40. The van der Waals surface area contributed by atoms with Crippen molar-refractivity contribution < 1.29 is 17.5 Å². The zero-order valence-corrected chi connectivity index (χ0v) is 16.7. The van der Waals surface area contributed by atoms with Crippen LogP contribution in [0.4, 0.5) is 4.39 Å². The summed E-state index contributed by atoms with van der Waals surface area (Å²) < 4.78 is 47.0. The predicted octanol–water partition coefficient (Wildman–Crippen LogP) is 4.52. The molecule has 4 nitrogen and oxygen atoms in total. The van der Waals surface area contributed by atoms with E-state index in [1.807, 2.05) is 19.1 Å². The van der Waals surface area contributed by atoms with E-state index < -0.39 is 21.4 Å². The van der Waals surface area contributed by atoms with Crippen molar-refractivity contribution in [2.45, 2.75) is 58.4 Å². The largest absolute Gasteiger partial charge is 0.490 e. The lowest BCUT2D eigenvalue weighted by Gasteiger charge is -2.27. The van der Waals surface area contributed by atoms with Gasteiger partial charge in [-0.3, -0.25) is 0 Å². The van der Waals surface area contributed by atoms with Gasteiger partial charge in [-0.15, -0.1) is 0 Å². The normalized spacial score (nSPS) is 15.5. The van der Waals surface area contributed by atoms with E-state index in [9.17, 15) is 12.8 Å². The van der Waals surface area contributed by atoms with E-state index in [-0.39, 0.29) is 11.5 Å². The second kappa shape index (κ2) is 9.00. The van der Waals surface area contributed by atoms with E-state index in [1.165, 1.54) is 6.07 Å². The molecule has 0 spiro atoms. The molecular formula is C20H30FNO3S. The molecule has 146 valence electrons. The van der Waals surface area contributed by atoms with Crippen LogP contribution in [-0.4, -0.2) is 20.8 Å². The smallest absolute Gasteiger partial charge is 0.212 e. The van der Waals surface area contributed by atoms with Gasteiger partial charge in [-0.25, -0.2) is 17.5 Å². The van der Waals surface area contributed by atoms with Crippen LogP contribution in [0.5, 0.6) is 5.75 Å². The minimum atomic E-state index is -3.43. The van der Waals surface area contributed by atoms with Crippen molar-refractivity contribution in [3.8, 4) is 5.75 Å². The van der Waals surface area contributed by atoms with Gasteiger partial charge in [-0.2, -0.15) is 0 Å². The number of hydrogen-bond acceptors (Lipinski definition) is 3. The summed E-state index contributed by atoms with van der Waals surface area (Å²) in [7, 11) is -3.43. The van der Waals surface area contributed by atoms with Crippen molar-refractivity contribution in [2.24, 2.45) is 5.92 Å². The van der Waals surface area contributed by atoms with Crippen molar-refractivity contribution >= 4 is 10.0 Å². The number of hydrogen-bond donors (Lipinski definition) is 1. The molecule has 6 heteroatoms. The van der Waals surface area contributed by atoms with E-state index >= 15 is 0 Å². The third-order valence-corrected chi connectivity index (χ3v) is 6.07. The zero-order valence-electron chi connectivity index (χ0n) is 15.9. The molecule has 1 aliphatic carbocycles. The molecule has 1 aliphatic rings. The molecule has 1 aromatic rings. The summed E-state index contributed by atoms with van der Waals surface area (Å²) in [6.07, 6.45) is 8.55. The first-order valence-electron chi connectivity index (χ1n) is 9.33. The van der Waals surface area contributed by atoms with Gasteiger partial charge in [0.05, 0.1) is 17.9 Å². The molecule has 0 unspecified atom stereocenters. The van der Waals surface area contributed by atoms with Crippen LogP contribution in [0.15, 0.2) is 30.4 Å². The highest BCUT2D eigenvalue weighted by atomic mass is 32.2. The number of ether oxygens (including phenoxy) is 1. The van der Waals surface area contributed by atoms with Gasteiger partial charge < -0.3 is 4.74 Å². The van der Waals surface area contributed by atoms with Gasteiger partial charge in [-0.05, 0) is 69.6 Å². The molecule has 0 bridgehead atoms. The first-order chi connectivity index (χ1) is 12.2. The minimum Gasteiger partial charge on any atom is -0.490 e. The zero-order chi connectivity index (χ0) is 19.2. The molecule has 0 heterocycles. The number of benzene rings is 1. The molecule has 0 aliphatic heterocycles. The lowest BCUT2D eigenvalue weighted by Crippen LogP contribution is -2.42. The Morgan fingerprint density at radius 1 is 1.31 bits per heavy atom. The maximum absolute atomic E-state index is 14.0. The summed E-state index contributed by atoms with van der Waals surface area (Å²) in [6.45, 7) is 6.11. The number of nitrogens with one attached hydrogen (secondary N) is 1. The van der Waals surface area contributed by atoms with E-state index in [0.717, 1.165) is 25.7 Å². The Bertz CT molecular complexity index is 725. The molecule has 0 aromatic heterocycles.